The molecule has 1 aromatic rings. The number of amides is 2. The van der Waals surface area contributed by atoms with Gasteiger partial charge in [0, 0.05) is 18.0 Å². The number of benzene rings is 1. The summed E-state index contributed by atoms with van der Waals surface area (Å²) in [6.07, 6.45) is -0.540. The summed E-state index contributed by atoms with van der Waals surface area (Å²) in [7, 11) is 3.13. The number of aliphatic hydroxyl groups is 3. The Bertz CT molecular complexity index is 1330. The number of hydrogen-bond acceptors (Lipinski definition) is 10. The zero-order valence-electron chi connectivity index (χ0n) is 22.1. The van der Waals surface area contributed by atoms with Crippen LogP contribution in [0.3, 0.4) is 0 Å². The van der Waals surface area contributed by atoms with Crippen molar-refractivity contribution in [3.63, 3.8) is 0 Å². The molecular formula is C27H33N3O9. The Kier molecular flexibility index (Phi) is 7.21. The second-order valence-electron chi connectivity index (χ2n) is 10.9. The standard InChI is InChI=1S/C27H33N3O9/c1-11(2)10-39-26(37)29-9-12-5-6-16(31)18-14(12)7-13-8-15-20(30(3)4)22(33)19(25(28)36)24(35)27(15,38)23(34)17(13)21(18)32/h5-6,11,13,15,20,31,33-34,38H,7-10H2,1-4H3,(H2,28,36)(H,29,37)/t13-,15-,20-,27-/m0/s1. The molecule has 12 heteroatoms. The van der Waals surface area contributed by atoms with Crippen LogP contribution in [0, 0.1) is 17.8 Å². The van der Waals surface area contributed by atoms with E-state index in [1.54, 1.807) is 20.2 Å². The summed E-state index contributed by atoms with van der Waals surface area (Å²) in [5, 5.41) is 47.0. The van der Waals surface area contributed by atoms with Crippen LogP contribution in [0.4, 0.5) is 4.79 Å². The van der Waals surface area contributed by atoms with Crippen LogP contribution in [0.15, 0.2) is 34.8 Å². The summed E-state index contributed by atoms with van der Waals surface area (Å²) < 4.78 is 5.13. The predicted molar refractivity (Wildman–Crippen MR) is 137 cm³/mol. The number of allylic oxidation sites excluding steroid dienone is 1. The van der Waals surface area contributed by atoms with Crippen molar-refractivity contribution in [2.24, 2.45) is 23.5 Å². The number of alkyl carbamates (subject to hydrolysis) is 1. The van der Waals surface area contributed by atoms with Gasteiger partial charge >= 0.3 is 6.09 Å². The number of ketones is 2. The lowest BCUT2D eigenvalue weighted by molar-refractivity contribution is -0.148. The molecule has 0 bridgehead atoms. The fourth-order valence-electron chi connectivity index (χ4n) is 5.94. The monoisotopic (exact) mass is 543 g/mol. The average molecular weight is 544 g/mol. The first-order chi connectivity index (χ1) is 18.2. The van der Waals surface area contributed by atoms with Crippen LogP contribution in [0.1, 0.15) is 41.8 Å². The number of nitrogens with two attached hydrogens (primary N) is 1. The summed E-state index contributed by atoms with van der Waals surface area (Å²) >= 11 is 0. The van der Waals surface area contributed by atoms with E-state index in [0.717, 1.165) is 0 Å². The Morgan fingerprint density at radius 1 is 1.21 bits per heavy atom. The van der Waals surface area contributed by atoms with Crippen LogP contribution >= 0.6 is 0 Å². The third-order valence-corrected chi connectivity index (χ3v) is 7.67. The number of aliphatic hydroxyl groups excluding tert-OH is 2. The van der Waals surface area contributed by atoms with E-state index < -0.39 is 64.1 Å². The molecule has 0 fully saturated rings. The molecule has 1 aromatic carbocycles. The van der Waals surface area contributed by atoms with Crippen LogP contribution in [0.5, 0.6) is 5.75 Å². The van der Waals surface area contributed by atoms with Crippen LogP contribution in [0.2, 0.25) is 0 Å². The van der Waals surface area contributed by atoms with E-state index in [1.807, 2.05) is 13.8 Å². The molecule has 39 heavy (non-hydrogen) atoms. The number of ether oxygens (including phenoxy) is 1. The van der Waals surface area contributed by atoms with Crippen LogP contribution in [-0.4, -0.2) is 81.2 Å². The second-order valence-corrected chi connectivity index (χ2v) is 10.9. The van der Waals surface area contributed by atoms with Crippen molar-refractivity contribution < 1.29 is 44.3 Å². The van der Waals surface area contributed by atoms with E-state index in [4.69, 9.17) is 10.5 Å². The van der Waals surface area contributed by atoms with Gasteiger partial charge in [0.25, 0.3) is 5.91 Å². The first kappa shape index (κ1) is 28.1. The van der Waals surface area contributed by atoms with Gasteiger partial charge in [-0.05, 0) is 56.0 Å². The molecule has 3 aliphatic rings. The molecule has 210 valence electrons. The van der Waals surface area contributed by atoms with Crippen LogP contribution < -0.4 is 11.1 Å². The van der Waals surface area contributed by atoms with Crippen molar-refractivity contribution in [3.8, 4) is 5.75 Å². The lowest BCUT2D eigenvalue weighted by Crippen LogP contribution is -2.63. The number of phenolic OH excluding ortho intramolecular Hbond substituents is 1. The average Bonchev–Trinajstić information content (AvgIpc) is 2.84. The van der Waals surface area contributed by atoms with Gasteiger partial charge in [0.1, 0.15) is 22.8 Å². The van der Waals surface area contributed by atoms with E-state index in [0.29, 0.717) is 11.1 Å². The quantitative estimate of drug-likeness (QED) is 0.281. The van der Waals surface area contributed by atoms with E-state index >= 15 is 0 Å². The van der Waals surface area contributed by atoms with Gasteiger partial charge in [0.15, 0.2) is 11.4 Å². The fraction of sp³-hybridized carbons (Fsp3) is 0.481. The Balaban J connectivity index is 1.78. The molecule has 0 heterocycles. The molecule has 0 aliphatic heterocycles. The summed E-state index contributed by atoms with van der Waals surface area (Å²) in [5.74, 6) is -6.97. The molecule has 0 unspecified atom stereocenters. The SMILES string of the molecule is CC(C)COC(=O)NCc1ccc(O)c2c1C[C@H]1C[C@H]3[C@H](N(C)C)C(O)=C(C(N)=O)C(=O)[C@@]3(O)C(O)=C1C2=O. The number of hydrogen-bond donors (Lipinski definition) is 6. The number of fused-ring (bicyclic) bond motifs is 3. The number of nitrogens with one attached hydrogen (secondary N) is 1. The largest absolute Gasteiger partial charge is 0.510 e. The minimum atomic E-state index is -2.69. The highest BCUT2D eigenvalue weighted by Crippen LogP contribution is 2.52. The van der Waals surface area contributed by atoms with Gasteiger partial charge in [-0.1, -0.05) is 19.9 Å². The van der Waals surface area contributed by atoms with Crippen molar-refractivity contribution in [3.05, 3.63) is 51.5 Å². The number of aromatic hydroxyl groups is 1. The molecule has 7 N–H and O–H groups in total. The molecular weight excluding hydrogens is 510 g/mol. The van der Waals surface area contributed by atoms with Crippen molar-refractivity contribution in [1.82, 2.24) is 10.2 Å². The van der Waals surface area contributed by atoms with Gasteiger partial charge < -0.3 is 36.2 Å². The lowest BCUT2D eigenvalue weighted by atomic mass is 9.58. The Morgan fingerprint density at radius 3 is 2.46 bits per heavy atom. The molecule has 0 saturated heterocycles. The maximum atomic E-state index is 13.7. The van der Waals surface area contributed by atoms with Gasteiger partial charge in [-0.3, -0.25) is 19.3 Å². The van der Waals surface area contributed by atoms with Gasteiger partial charge in [0.2, 0.25) is 5.78 Å². The normalized spacial score (nSPS) is 26.4. The fourth-order valence-corrected chi connectivity index (χ4v) is 5.94. The number of likely N-dealkylation sites (N-methyl/N-ethyl adjacent to an activating group) is 1. The maximum Gasteiger partial charge on any atom is 0.407 e. The molecule has 4 atom stereocenters. The van der Waals surface area contributed by atoms with E-state index in [-0.39, 0.29) is 48.8 Å². The Labute approximate surface area is 224 Å². The zero-order chi connectivity index (χ0) is 29.0. The predicted octanol–water partition coefficient (Wildman–Crippen LogP) is 1.00. The first-order valence-corrected chi connectivity index (χ1v) is 12.6. The van der Waals surface area contributed by atoms with Crippen LogP contribution in [0.25, 0.3) is 0 Å². The number of nitrogens with zero attached hydrogens (tertiary/aromatic N) is 1. The lowest BCUT2D eigenvalue weighted by Gasteiger charge is -2.50. The summed E-state index contributed by atoms with van der Waals surface area (Å²) in [6, 6.07) is 1.78. The third kappa shape index (κ3) is 4.43. The van der Waals surface area contributed by atoms with Crippen molar-refractivity contribution >= 4 is 23.6 Å². The number of carbonyl (C=O) groups excluding carboxylic acids is 4. The number of primary amides is 1. The Morgan fingerprint density at radius 2 is 1.87 bits per heavy atom. The maximum absolute atomic E-state index is 13.7. The molecule has 4 rings (SSSR count). The molecule has 2 amide bonds. The summed E-state index contributed by atoms with van der Waals surface area (Å²) in [4.78, 5) is 52.7. The number of carbonyl (C=O) groups is 4. The molecule has 0 radical (unpaired) electrons. The highest BCUT2D eigenvalue weighted by atomic mass is 16.5. The van der Waals surface area contributed by atoms with E-state index in [9.17, 15) is 39.6 Å². The summed E-state index contributed by atoms with van der Waals surface area (Å²) in [5.41, 5.74) is 2.40. The number of rotatable bonds is 6. The van der Waals surface area contributed by atoms with Crippen LogP contribution in [-0.2, 0) is 27.3 Å². The molecule has 0 spiro atoms. The number of phenols is 1. The molecule has 3 aliphatic carbocycles. The third-order valence-electron chi connectivity index (χ3n) is 7.67. The highest BCUT2D eigenvalue weighted by molar-refractivity contribution is 6.24. The van der Waals surface area contributed by atoms with Crippen molar-refractivity contribution in [1.29, 1.82) is 0 Å². The van der Waals surface area contributed by atoms with E-state index in [1.165, 1.54) is 11.0 Å². The van der Waals surface area contributed by atoms with Gasteiger partial charge in [0.05, 0.1) is 18.2 Å². The van der Waals surface area contributed by atoms with Crippen molar-refractivity contribution in [2.75, 3.05) is 20.7 Å². The van der Waals surface area contributed by atoms with E-state index in [2.05, 4.69) is 5.32 Å². The van der Waals surface area contributed by atoms with Gasteiger partial charge in [-0.15, -0.1) is 0 Å². The molecule has 12 nitrogen and oxygen atoms in total. The zero-order valence-corrected chi connectivity index (χ0v) is 22.1. The minimum absolute atomic E-state index is 0.00223. The Hall–Kier alpha value is -3.90. The topological polar surface area (TPSA) is 200 Å². The molecule has 0 aromatic heterocycles. The van der Waals surface area contributed by atoms with Crippen molar-refractivity contribution in [2.45, 2.75) is 44.9 Å². The number of Topliss-reactive ketones (excluding diaryl/α,β-unsaturated/α-hetero) is 2. The summed E-state index contributed by atoms with van der Waals surface area (Å²) in [6.45, 7) is 4.02. The highest BCUT2D eigenvalue weighted by Gasteiger charge is 2.63. The van der Waals surface area contributed by atoms with Gasteiger partial charge in [-0.25, -0.2) is 4.79 Å². The smallest absolute Gasteiger partial charge is 0.407 e. The molecule has 0 saturated carbocycles. The second kappa shape index (κ2) is 10.0. The minimum Gasteiger partial charge on any atom is -0.510 e. The van der Waals surface area contributed by atoms with Gasteiger partial charge in [-0.2, -0.15) is 0 Å². The first-order valence-electron chi connectivity index (χ1n) is 12.6.